The molecule has 0 atom stereocenters. The Labute approximate surface area is 108 Å². The topological polar surface area (TPSA) is 65.6 Å². The van der Waals surface area contributed by atoms with E-state index in [-0.39, 0.29) is 0 Å². The van der Waals surface area contributed by atoms with E-state index in [2.05, 4.69) is 11.2 Å². The van der Waals surface area contributed by atoms with Crippen molar-refractivity contribution >= 4 is 5.71 Å². The lowest BCUT2D eigenvalue weighted by molar-refractivity contribution is 0.304. The molecule has 0 spiro atoms. The first-order valence-electron chi connectivity index (χ1n) is 6.13. The molecule has 0 unspecified atom stereocenters. The zero-order chi connectivity index (χ0) is 13.2. The number of nitriles is 1. The summed E-state index contributed by atoms with van der Waals surface area (Å²) < 4.78 is 5.67. The Hall–Kier alpha value is -2.02. The Morgan fingerprint density at radius 1 is 1.39 bits per heavy atom. The van der Waals surface area contributed by atoms with Crippen molar-refractivity contribution in [2.24, 2.45) is 5.16 Å². The highest BCUT2D eigenvalue weighted by molar-refractivity contribution is 6.02. The van der Waals surface area contributed by atoms with Gasteiger partial charge in [0.2, 0.25) is 0 Å². The predicted octanol–water partition coefficient (Wildman–Crippen LogP) is 3.35. The van der Waals surface area contributed by atoms with Crippen molar-refractivity contribution in [3.05, 3.63) is 29.8 Å². The van der Waals surface area contributed by atoms with E-state index in [0.29, 0.717) is 25.2 Å². The molecule has 18 heavy (non-hydrogen) atoms. The van der Waals surface area contributed by atoms with Crippen LogP contribution in [0.25, 0.3) is 0 Å². The van der Waals surface area contributed by atoms with Crippen LogP contribution in [-0.2, 0) is 0 Å². The lowest BCUT2D eigenvalue weighted by atomic mass is 10.1. The Bertz CT molecular complexity index is 436. The van der Waals surface area contributed by atoms with Gasteiger partial charge in [-0.1, -0.05) is 24.2 Å². The number of para-hydroxylation sites is 1. The van der Waals surface area contributed by atoms with Crippen LogP contribution in [0.15, 0.2) is 29.4 Å². The van der Waals surface area contributed by atoms with E-state index in [1.54, 1.807) is 0 Å². The number of benzene rings is 1. The summed E-state index contributed by atoms with van der Waals surface area (Å²) in [7, 11) is 0. The number of rotatable bonds is 7. The predicted molar refractivity (Wildman–Crippen MR) is 70.0 cm³/mol. The number of nitrogens with zero attached hydrogens (tertiary/aromatic N) is 2. The standard InChI is InChI=1S/C14H18N2O2/c1-2-13(16-17)12-8-4-5-9-14(12)18-11-7-3-6-10-15/h4-5,8-9,17H,2-3,6-7,11H2,1H3/b16-13-. The molecule has 0 radical (unpaired) electrons. The number of unbranched alkanes of at least 4 members (excludes halogenated alkanes) is 2. The van der Waals surface area contributed by atoms with Crippen LogP contribution in [0.5, 0.6) is 5.75 Å². The zero-order valence-corrected chi connectivity index (χ0v) is 10.6. The van der Waals surface area contributed by atoms with Gasteiger partial charge in [-0.3, -0.25) is 0 Å². The molecule has 0 aliphatic carbocycles. The fourth-order valence-corrected chi connectivity index (χ4v) is 1.63. The maximum atomic E-state index is 8.94. The van der Waals surface area contributed by atoms with Gasteiger partial charge in [0.25, 0.3) is 0 Å². The largest absolute Gasteiger partial charge is 0.493 e. The van der Waals surface area contributed by atoms with E-state index in [1.807, 2.05) is 31.2 Å². The van der Waals surface area contributed by atoms with Gasteiger partial charge in [-0.25, -0.2) is 0 Å². The first-order valence-corrected chi connectivity index (χ1v) is 6.13. The summed E-state index contributed by atoms with van der Waals surface area (Å²) in [5.74, 6) is 0.726. The van der Waals surface area contributed by atoms with E-state index in [9.17, 15) is 0 Å². The van der Waals surface area contributed by atoms with Gasteiger partial charge < -0.3 is 9.94 Å². The minimum absolute atomic E-state index is 0.559. The monoisotopic (exact) mass is 246 g/mol. The third-order valence-electron chi connectivity index (χ3n) is 2.59. The highest BCUT2D eigenvalue weighted by atomic mass is 16.5. The van der Waals surface area contributed by atoms with Gasteiger partial charge in [0.1, 0.15) is 5.75 Å². The van der Waals surface area contributed by atoms with Crippen molar-refractivity contribution in [3.63, 3.8) is 0 Å². The third-order valence-corrected chi connectivity index (χ3v) is 2.59. The number of hydrogen-bond acceptors (Lipinski definition) is 4. The first kappa shape index (κ1) is 14.0. The minimum Gasteiger partial charge on any atom is -0.493 e. The molecule has 96 valence electrons. The molecule has 0 fully saturated rings. The smallest absolute Gasteiger partial charge is 0.128 e. The molecule has 4 nitrogen and oxygen atoms in total. The summed E-state index contributed by atoms with van der Waals surface area (Å²) >= 11 is 0. The van der Waals surface area contributed by atoms with Gasteiger partial charge in [0.05, 0.1) is 18.4 Å². The van der Waals surface area contributed by atoms with E-state index >= 15 is 0 Å². The Morgan fingerprint density at radius 2 is 2.17 bits per heavy atom. The van der Waals surface area contributed by atoms with E-state index in [4.69, 9.17) is 15.2 Å². The minimum atomic E-state index is 0.559. The second-order valence-corrected chi connectivity index (χ2v) is 3.86. The summed E-state index contributed by atoms with van der Waals surface area (Å²) in [4.78, 5) is 0. The summed E-state index contributed by atoms with van der Waals surface area (Å²) in [5, 5.41) is 20.7. The van der Waals surface area contributed by atoms with Crippen molar-refractivity contribution < 1.29 is 9.94 Å². The third kappa shape index (κ3) is 4.10. The Morgan fingerprint density at radius 3 is 2.83 bits per heavy atom. The molecule has 1 aromatic carbocycles. The average Bonchev–Trinajstić information content (AvgIpc) is 2.41. The van der Waals surface area contributed by atoms with Crippen LogP contribution in [0.4, 0.5) is 0 Å². The molecule has 0 aliphatic rings. The molecule has 1 rings (SSSR count). The number of oxime groups is 1. The number of hydrogen-bond donors (Lipinski definition) is 1. The van der Waals surface area contributed by atoms with Crippen molar-refractivity contribution in [2.45, 2.75) is 32.6 Å². The van der Waals surface area contributed by atoms with E-state index < -0.39 is 0 Å². The molecule has 4 heteroatoms. The fourth-order valence-electron chi connectivity index (χ4n) is 1.63. The molecule has 0 saturated heterocycles. The molecular formula is C14H18N2O2. The van der Waals surface area contributed by atoms with Crippen LogP contribution in [0.3, 0.4) is 0 Å². The van der Waals surface area contributed by atoms with E-state index in [1.165, 1.54) is 0 Å². The van der Waals surface area contributed by atoms with Gasteiger partial charge in [-0.2, -0.15) is 5.26 Å². The average molecular weight is 246 g/mol. The molecule has 1 aromatic rings. The van der Waals surface area contributed by atoms with Crippen molar-refractivity contribution in [1.82, 2.24) is 0 Å². The Balaban J connectivity index is 2.63. The summed E-state index contributed by atoms with van der Waals surface area (Å²) in [6.07, 6.45) is 2.89. The summed E-state index contributed by atoms with van der Waals surface area (Å²) in [6, 6.07) is 9.62. The molecular weight excluding hydrogens is 228 g/mol. The van der Waals surface area contributed by atoms with Crippen LogP contribution >= 0.6 is 0 Å². The van der Waals surface area contributed by atoms with Gasteiger partial charge in [-0.15, -0.1) is 0 Å². The van der Waals surface area contributed by atoms with Crippen molar-refractivity contribution in [2.75, 3.05) is 6.61 Å². The van der Waals surface area contributed by atoms with Gasteiger partial charge in [0, 0.05) is 12.0 Å². The second-order valence-electron chi connectivity index (χ2n) is 3.86. The SMILES string of the molecule is CC/C(=N/O)c1ccccc1OCCCCC#N. The Kier molecular flexibility index (Phi) is 6.34. The molecule has 0 heterocycles. The fraction of sp³-hybridized carbons (Fsp3) is 0.429. The van der Waals surface area contributed by atoms with Crippen molar-refractivity contribution in [3.8, 4) is 11.8 Å². The summed E-state index contributed by atoms with van der Waals surface area (Å²) in [6.45, 7) is 2.50. The summed E-state index contributed by atoms with van der Waals surface area (Å²) in [5.41, 5.74) is 1.44. The van der Waals surface area contributed by atoms with Crippen LogP contribution < -0.4 is 4.74 Å². The van der Waals surface area contributed by atoms with Crippen LogP contribution in [-0.4, -0.2) is 17.5 Å². The van der Waals surface area contributed by atoms with Gasteiger partial charge in [-0.05, 0) is 31.4 Å². The quantitative estimate of drug-likeness (QED) is 0.347. The maximum absolute atomic E-state index is 8.94. The molecule has 1 N–H and O–H groups in total. The maximum Gasteiger partial charge on any atom is 0.128 e. The number of ether oxygens (including phenoxy) is 1. The first-order chi connectivity index (χ1) is 8.83. The highest BCUT2D eigenvalue weighted by Crippen LogP contribution is 2.20. The molecule has 0 bridgehead atoms. The normalized spacial score (nSPS) is 11.0. The molecule has 0 saturated carbocycles. The van der Waals surface area contributed by atoms with Crippen LogP contribution in [0.1, 0.15) is 38.2 Å². The lowest BCUT2D eigenvalue weighted by Crippen LogP contribution is -2.05. The molecule has 0 aromatic heterocycles. The second kappa shape index (κ2) is 8.13. The highest BCUT2D eigenvalue weighted by Gasteiger charge is 2.08. The lowest BCUT2D eigenvalue weighted by Gasteiger charge is -2.11. The molecule has 0 amide bonds. The van der Waals surface area contributed by atoms with Gasteiger partial charge >= 0.3 is 0 Å². The molecule has 0 aliphatic heterocycles. The zero-order valence-electron chi connectivity index (χ0n) is 10.6. The van der Waals surface area contributed by atoms with Gasteiger partial charge in [0.15, 0.2) is 0 Å². The van der Waals surface area contributed by atoms with Crippen LogP contribution in [0.2, 0.25) is 0 Å². The van der Waals surface area contributed by atoms with Crippen molar-refractivity contribution in [1.29, 1.82) is 5.26 Å². The van der Waals surface area contributed by atoms with E-state index in [0.717, 1.165) is 24.2 Å². The van der Waals surface area contributed by atoms with Crippen LogP contribution in [0, 0.1) is 11.3 Å².